The van der Waals surface area contributed by atoms with E-state index < -0.39 is 0 Å². The van der Waals surface area contributed by atoms with Gasteiger partial charge in [0, 0.05) is 40.3 Å². The first-order chi connectivity index (χ1) is 17.4. The number of amides is 2. The van der Waals surface area contributed by atoms with Gasteiger partial charge < -0.3 is 4.57 Å². The van der Waals surface area contributed by atoms with Gasteiger partial charge in [0.2, 0.25) is 0 Å². The lowest BCUT2D eigenvalue weighted by Gasteiger charge is -2.12. The van der Waals surface area contributed by atoms with Crippen molar-refractivity contribution >= 4 is 63.1 Å². The lowest BCUT2D eigenvalue weighted by Crippen LogP contribution is -2.30. The zero-order chi connectivity index (χ0) is 25.2. The van der Waals surface area contributed by atoms with Crippen LogP contribution in [0.25, 0.3) is 17.0 Å². The number of carbonyl (C=O) groups is 2. The van der Waals surface area contributed by atoms with Crippen LogP contribution in [0, 0.1) is 0 Å². The molecule has 2 amide bonds. The summed E-state index contributed by atoms with van der Waals surface area (Å²) in [4.78, 5) is 27.6. The fourth-order valence-electron chi connectivity index (χ4n) is 4.54. The number of rotatable bonds is 7. The minimum Gasteiger partial charge on any atom is -0.342 e. The third-order valence-electron chi connectivity index (χ3n) is 6.38. The number of carbonyl (C=O) groups excluding carboxylic acids is 2. The highest BCUT2D eigenvalue weighted by Crippen LogP contribution is 2.35. The fraction of sp³-hybridized carbons (Fsp3) is 0.172. The summed E-state index contributed by atoms with van der Waals surface area (Å²) in [5.41, 5.74) is 5.25. The largest absolute Gasteiger partial charge is 0.342 e. The second-order valence-electron chi connectivity index (χ2n) is 8.68. The Labute approximate surface area is 224 Å². The Morgan fingerprint density at radius 1 is 0.944 bits per heavy atom. The molecule has 182 valence electrons. The Hall–Kier alpha value is -2.99. The maximum absolute atomic E-state index is 13.2. The molecule has 0 N–H and O–H groups in total. The van der Waals surface area contributed by atoms with E-state index in [1.165, 1.54) is 10.5 Å². The summed E-state index contributed by atoms with van der Waals surface area (Å²) in [6.45, 7) is 3.05. The van der Waals surface area contributed by atoms with E-state index in [-0.39, 0.29) is 11.1 Å². The number of benzene rings is 3. The van der Waals surface area contributed by atoms with Crippen LogP contribution in [0.5, 0.6) is 0 Å². The summed E-state index contributed by atoms with van der Waals surface area (Å²) in [7, 11) is 0. The maximum Gasteiger partial charge on any atom is 0.293 e. The SMILES string of the molecule is CCc1cccc2c(/C=C3\SC(=O)N(CCc4ccccc4)C3=O)cn(Cc3ccc(Cl)cc3Cl)c12. The minimum atomic E-state index is -0.241. The summed E-state index contributed by atoms with van der Waals surface area (Å²) in [6, 6.07) is 21.6. The number of thioether (sulfide) groups is 1. The topological polar surface area (TPSA) is 42.3 Å². The van der Waals surface area contributed by atoms with Crippen molar-refractivity contribution in [2.45, 2.75) is 26.3 Å². The molecule has 1 saturated heterocycles. The average Bonchev–Trinajstić information content (AvgIpc) is 3.36. The van der Waals surface area contributed by atoms with Crippen LogP contribution < -0.4 is 0 Å². The number of aromatic nitrogens is 1. The van der Waals surface area contributed by atoms with Crippen LogP contribution in [0.1, 0.15) is 29.2 Å². The van der Waals surface area contributed by atoms with Crippen LogP contribution in [0.2, 0.25) is 10.0 Å². The van der Waals surface area contributed by atoms with E-state index in [1.807, 2.05) is 60.8 Å². The number of hydrogen-bond acceptors (Lipinski definition) is 3. The number of hydrogen-bond donors (Lipinski definition) is 0. The van der Waals surface area contributed by atoms with E-state index in [0.29, 0.717) is 34.5 Å². The monoisotopic (exact) mass is 534 g/mol. The quantitative estimate of drug-likeness (QED) is 0.227. The lowest BCUT2D eigenvalue weighted by atomic mass is 10.1. The molecule has 0 saturated carbocycles. The fourth-order valence-corrected chi connectivity index (χ4v) is 5.87. The summed E-state index contributed by atoms with van der Waals surface area (Å²) in [5.74, 6) is -0.241. The molecule has 36 heavy (non-hydrogen) atoms. The van der Waals surface area contributed by atoms with E-state index in [2.05, 4.69) is 23.6 Å². The molecular weight excluding hydrogens is 511 g/mol. The van der Waals surface area contributed by atoms with Crippen LogP contribution >= 0.6 is 35.0 Å². The van der Waals surface area contributed by atoms with E-state index >= 15 is 0 Å². The van der Waals surface area contributed by atoms with Crippen molar-refractivity contribution in [3.8, 4) is 0 Å². The molecule has 0 bridgehead atoms. The predicted molar refractivity (Wildman–Crippen MR) is 150 cm³/mol. The third kappa shape index (κ3) is 4.96. The molecule has 2 heterocycles. The molecule has 0 atom stereocenters. The van der Waals surface area contributed by atoms with Gasteiger partial charge in [-0.3, -0.25) is 14.5 Å². The molecule has 4 nitrogen and oxygen atoms in total. The van der Waals surface area contributed by atoms with E-state index in [9.17, 15) is 9.59 Å². The molecule has 7 heteroatoms. The molecule has 4 aromatic rings. The van der Waals surface area contributed by atoms with Crippen molar-refractivity contribution in [2.24, 2.45) is 0 Å². The minimum absolute atomic E-state index is 0.229. The molecule has 1 aromatic heterocycles. The highest BCUT2D eigenvalue weighted by molar-refractivity contribution is 8.18. The first-order valence-electron chi connectivity index (χ1n) is 11.8. The summed E-state index contributed by atoms with van der Waals surface area (Å²) in [6.07, 6.45) is 5.38. The second-order valence-corrected chi connectivity index (χ2v) is 10.5. The van der Waals surface area contributed by atoms with Crippen LogP contribution in [0.3, 0.4) is 0 Å². The number of aryl methyl sites for hydroxylation is 1. The molecule has 5 rings (SSSR count). The number of halogens is 2. The van der Waals surface area contributed by atoms with Crippen LogP contribution in [-0.4, -0.2) is 27.2 Å². The van der Waals surface area contributed by atoms with Crippen LogP contribution in [0.4, 0.5) is 4.79 Å². The Kier molecular flexibility index (Phi) is 7.24. The van der Waals surface area contributed by atoms with Gasteiger partial charge in [0.05, 0.1) is 10.4 Å². The van der Waals surface area contributed by atoms with E-state index in [4.69, 9.17) is 23.2 Å². The first kappa shape index (κ1) is 24.7. The van der Waals surface area contributed by atoms with Crippen LogP contribution in [0.15, 0.2) is 77.8 Å². The van der Waals surface area contributed by atoms with Crippen molar-refractivity contribution in [3.63, 3.8) is 0 Å². The molecule has 3 aromatic carbocycles. The van der Waals surface area contributed by atoms with Gasteiger partial charge in [0.25, 0.3) is 11.1 Å². The third-order valence-corrected chi connectivity index (χ3v) is 7.87. The smallest absolute Gasteiger partial charge is 0.293 e. The Bertz CT molecular complexity index is 1490. The van der Waals surface area contributed by atoms with Gasteiger partial charge in [-0.25, -0.2) is 0 Å². The molecule has 0 radical (unpaired) electrons. The Morgan fingerprint density at radius 2 is 1.75 bits per heavy atom. The van der Waals surface area contributed by atoms with Gasteiger partial charge in [-0.05, 0) is 59.5 Å². The Morgan fingerprint density at radius 3 is 2.50 bits per heavy atom. The molecule has 1 aliphatic heterocycles. The van der Waals surface area contributed by atoms with Gasteiger partial charge in [-0.15, -0.1) is 0 Å². The Balaban J connectivity index is 1.48. The highest BCUT2D eigenvalue weighted by atomic mass is 35.5. The van der Waals surface area contributed by atoms with Gasteiger partial charge in [0.1, 0.15) is 0 Å². The standard InChI is InChI=1S/C29H24Cl2N2O2S/c1-2-20-9-6-10-24-22(18-32(27(20)24)17-21-11-12-23(30)16-25(21)31)15-26-28(34)33(29(35)36-26)14-13-19-7-4-3-5-8-19/h3-12,15-16,18H,2,13-14,17H2,1H3/b26-15-. The molecule has 1 aliphatic rings. The number of fused-ring (bicyclic) bond motifs is 1. The maximum atomic E-state index is 13.2. The molecule has 0 spiro atoms. The molecule has 0 unspecified atom stereocenters. The van der Waals surface area contributed by atoms with E-state index in [0.717, 1.165) is 45.8 Å². The van der Waals surface area contributed by atoms with Crippen molar-refractivity contribution < 1.29 is 9.59 Å². The summed E-state index contributed by atoms with van der Waals surface area (Å²) >= 11 is 13.6. The molecular formula is C29H24Cl2N2O2S. The predicted octanol–water partition coefficient (Wildman–Crippen LogP) is 7.84. The zero-order valence-electron chi connectivity index (χ0n) is 19.7. The van der Waals surface area contributed by atoms with Crippen molar-refractivity contribution in [1.29, 1.82) is 0 Å². The number of para-hydroxylation sites is 1. The second kappa shape index (κ2) is 10.6. The van der Waals surface area contributed by atoms with Gasteiger partial charge >= 0.3 is 0 Å². The van der Waals surface area contributed by atoms with Crippen molar-refractivity contribution in [3.05, 3.63) is 110 Å². The number of nitrogens with zero attached hydrogens (tertiary/aromatic N) is 2. The molecule has 0 aliphatic carbocycles. The van der Waals surface area contributed by atoms with Gasteiger partial charge in [0.15, 0.2) is 0 Å². The summed E-state index contributed by atoms with van der Waals surface area (Å²) < 4.78 is 2.16. The van der Waals surface area contributed by atoms with Crippen LogP contribution in [-0.2, 0) is 24.2 Å². The normalized spacial score (nSPS) is 15.0. The zero-order valence-corrected chi connectivity index (χ0v) is 22.0. The number of imide groups is 1. The highest BCUT2D eigenvalue weighted by Gasteiger charge is 2.34. The summed E-state index contributed by atoms with van der Waals surface area (Å²) in [5, 5.41) is 2.02. The van der Waals surface area contributed by atoms with Gasteiger partial charge in [-0.1, -0.05) is 84.7 Å². The van der Waals surface area contributed by atoms with Gasteiger partial charge in [-0.2, -0.15) is 0 Å². The van der Waals surface area contributed by atoms with E-state index in [1.54, 1.807) is 6.07 Å². The first-order valence-corrected chi connectivity index (χ1v) is 13.4. The lowest BCUT2D eigenvalue weighted by molar-refractivity contribution is -0.122. The van der Waals surface area contributed by atoms with Crippen molar-refractivity contribution in [1.82, 2.24) is 9.47 Å². The average molecular weight is 535 g/mol. The van der Waals surface area contributed by atoms with Crippen molar-refractivity contribution in [2.75, 3.05) is 6.54 Å². The molecule has 1 fully saturated rings.